The summed E-state index contributed by atoms with van der Waals surface area (Å²) in [6.45, 7) is 7.43. The van der Waals surface area contributed by atoms with E-state index in [1.54, 1.807) is 16.9 Å². The number of fused-ring (bicyclic) bond motifs is 1. The molecule has 4 aromatic rings. The van der Waals surface area contributed by atoms with Gasteiger partial charge in [0.1, 0.15) is 11.6 Å². The van der Waals surface area contributed by atoms with Crippen LogP contribution >= 0.6 is 0 Å². The zero-order valence-corrected chi connectivity index (χ0v) is 17.7. The van der Waals surface area contributed by atoms with E-state index in [9.17, 15) is 4.39 Å². The first-order chi connectivity index (χ1) is 15.2. The zero-order valence-electron chi connectivity index (χ0n) is 17.7. The van der Waals surface area contributed by atoms with Crippen LogP contribution in [0.25, 0.3) is 16.7 Å². The molecule has 1 aliphatic heterocycles. The summed E-state index contributed by atoms with van der Waals surface area (Å²) in [7, 11) is 0. The Morgan fingerprint density at radius 1 is 1.06 bits per heavy atom. The fourth-order valence-corrected chi connectivity index (χ4v) is 4.30. The van der Waals surface area contributed by atoms with Crippen molar-refractivity contribution in [3.8, 4) is 5.69 Å². The summed E-state index contributed by atoms with van der Waals surface area (Å²) in [6.07, 6.45) is 2.37. The van der Waals surface area contributed by atoms with Crippen LogP contribution in [-0.4, -0.2) is 50.5 Å². The third-order valence-corrected chi connectivity index (χ3v) is 5.83. The molecule has 6 nitrogen and oxygen atoms in total. The average molecular weight is 420 g/mol. The molecular formula is C24H26FN5O. The summed E-state index contributed by atoms with van der Waals surface area (Å²) in [6, 6.07) is 15.0. The number of morpholine rings is 1. The monoisotopic (exact) mass is 419 g/mol. The second-order valence-electron chi connectivity index (χ2n) is 7.87. The van der Waals surface area contributed by atoms with E-state index in [-0.39, 0.29) is 5.82 Å². The van der Waals surface area contributed by atoms with E-state index in [0.29, 0.717) is 12.1 Å². The van der Waals surface area contributed by atoms with Crippen LogP contribution in [0, 0.1) is 5.82 Å². The summed E-state index contributed by atoms with van der Waals surface area (Å²) in [5, 5.41) is 4.41. The Morgan fingerprint density at radius 2 is 1.94 bits per heavy atom. The fourth-order valence-electron chi connectivity index (χ4n) is 4.30. The summed E-state index contributed by atoms with van der Waals surface area (Å²) < 4.78 is 23.2. The maximum Gasteiger partial charge on any atom is 0.125 e. The van der Waals surface area contributed by atoms with E-state index in [2.05, 4.69) is 39.7 Å². The number of hydrogen-bond donors (Lipinski definition) is 0. The van der Waals surface area contributed by atoms with E-state index < -0.39 is 0 Å². The molecule has 0 atom stereocenters. The van der Waals surface area contributed by atoms with Gasteiger partial charge in [0.05, 0.1) is 35.6 Å². The molecule has 7 heteroatoms. The van der Waals surface area contributed by atoms with E-state index in [1.165, 1.54) is 17.7 Å². The van der Waals surface area contributed by atoms with Gasteiger partial charge in [-0.05, 0) is 48.9 Å². The molecule has 1 aliphatic rings. The van der Waals surface area contributed by atoms with Crippen molar-refractivity contribution in [1.82, 2.24) is 24.2 Å². The largest absolute Gasteiger partial charge is 0.379 e. The minimum Gasteiger partial charge on any atom is -0.379 e. The zero-order chi connectivity index (χ0) is 21.2. The Labute approximate surface area is 180 Å². The minimum absolute atomic E-state index is 0.271. The Morgan fingerprint density at radius 3 is 2.74 bits per heavy atom. The number of imidazole rings is 1. The van der Waals surface area contributed by atoms with Gasteiger partial charge in [-0.3, -0.25) is 4.90 Å². The minimum atomic E-state index is -0.271. The Kier molecular flexibility index (Phi) is 5.53. The standard InChI is InChI=1S/C24H26FN5O/c1-2-29-23-7-6-18(17-28-10-12-31-13-11-28)14-22(23)27-24(29)16-21-8-9-26-30(21)20-5-3-4-19(25)15-20/h3-9,14-15H,2,10-13,16-17H2,1H3. The highest BCUT2D eigenvalue weighted by molar-refractivity contribution is 5.77. The predicted octanol–water partition coefficient (Wildman–Crippen LogP) is 3.80. The SMILES string of the molecule is CCn1c(Cc2ccnn2-c2cccc(F)c2)nc2cc(CN3CCOCC3)ccc21. The summed E-state index contributed by atoms with van der Waals surface area (Å²) in [5.74, 6) is 0.715. The third kappa shape index (κ3) is 4.11. The smallest absolute Gasteiger partial charge is 0.125 e. The summed E-state index contributed by atoms with van der Waals surface area (Å²) >= 11 is 0. The van der Waals surface area contributed by atoms with Crippen molar-refractivity contribution in [1.29, 1.82) is 0 Å². The molecule has 0 radical (unpaired) electrons. The number of rotatable bonds is 6. The molecule has 0 aliphatic carbocycles. The van der Waals surface area contributed by atoms with Gasteiger partial charge in [0.2, 0.25) is 0 Å². The molecule has 0 N–H and O–H groups in total. The lowest BCUT2D eigenvalue weighted by Crippen LogP contribution is -2.35. The maximum absolute atomic E-state index is 13.7. The van der Waals surface area contributed by atoms with Gasteiger partial charge in [-0.2, -0.15) is 5.10 Å². The lowest BCUT2D eigenvalue weighted by atomic mass is 10.2. The van der Waals surface area contributed by atoms with E-state index in [0.717, 1.165) is 61.9 Å². The molecule has 0 amide bonds. The first kappa shape index (κ1) is 19.9. The molecule has 2 aromatic heterocycles. The lowest BCUT2D eigenvalue weighted by Gasteiger charge is -2.26. The quantitative estimate of drug-likeness (QED) is 0.477. The number of aromatic nitrogens is 4. The molecule has 2 aromatic carbocycles. The van der Waals surface area contributed by atoms with Crippen LogP contribution in [0.4, 0.5) is 4.39 Å². The van der Waals surface area contributed by atoms with Crippen LogP contribution in [0.5, 0.6) is 0 Å². The van der Waals surface area contributed by atoms with Crippen LogP contribution in [0.2, 0.25) is 0 Å². The van der Waals surface area contributed by atoms with Crippen molar-refractivity contribution < 1.29 is 9.13 Å². The lowest BCUT2D eigenvalue weighted by molar-refractivity contribution is 0.0342. The van der Waals surface area contributed by atoms with Crippen molar-refractivity contribution in [2.45, 2.75) is 26.4 Å². The van der Waals surface area contributed by atoms with E-state index in [1.807, 2.05) is 12.1 Å². The summed E-state index contributed by atoms with van der Waals surface area (Å²) in [5.41, 5.74) is 5.11. The molecule has 0 unspecified atom stereocenters. The molecule has 0 saturated carbocycles. The molecular weight excluding hydrogens is 393 g/mol. The second kappa shape index (κ2) is 8.61. The first-order valence-corrected chi connectivity index (χ1v) is 10.8. The Balaban J connectivity index is 1.44. The first-order valence-electron chi connectivity index (χ1n) is 10.8. The normalized spacial score (nSPS) is 15.0. The van der Waals surface area contributed by atoms with Crippen molar-refractivity contribution in [3.63, 3.8) is 0 Å². The van der Waals surface area contributed by atoms with Gasteiger partial charge in [0.15, 0.2) is 0 Å². The highest BCUT2D eigenvalue weighted by Gasteiger charge is 2.16. The number of aryl methyl sites for hydroxylation is 1. The topological polar surface area (TPSA) is 48.1 Å². The highest BCUT2D eigenvalue weighted by atomic mass is 19.1. The molecule has 3 heterocycles. The van der Waals surface area contributed by atoms with E-state index >= 15 is 0 Å². The van der Waals surface area contributed by atoms with Crippen molar-refractivity contribution in [2.24, 2.45) is 0 Å². The predicted molar refractivity (Wildman–Crippen MR) is 118 cm³/mol. The molecule has 1 saturated heterocycles. The second-order valence-corrected chi connectivity index (χ2v) is 7.87. The van der Waals surface area contributed by atoms with Gasteiger partial charge in [-0.15, -0.1) is 0 Å². The number of halogens is 1. The Bertz CT molecular complexity index is 1190. The molecule has 0 bridgehead atoms. The van der Waals surface area contributed by atoms with Gasteiger partial charge < -0.3 is 9.30 Å². The average Bonchev–Trinajstić information content (AvgIpc) is 3.38. The van der Waals surface area contributed by atoms with Crippen LogP contribution in [0.15, 0.2) is 54.7 Å². The summed E-state index contributed by atoms with van der Waals surface area (Å²) in [4.78, 5) is 7.39. The van der Waals surface area contributed by atoms with Crippen LogP contribution in [0.1, 0.15) is 24.0 Å². The molecule has 5 rings (SSSR count). The van der Waals surface area contributed by atoms with Gasteiger partial charge in [-0.25, -0.2) is 14.1 Å². The van der Waals surface area contributed by atoms with Gasteiger partial charge in [-0.1, -0.05) is 12.1 Å². The highest BCUT2D eigenvalue weighted by Crippen LogP contribution is 2.22. The number of nitrogens with zero attached hydrogens (tertiary/aromatic N) is 5. The van der Waals surface area contributed by atoms with E-state index in [4.69, 9.17) is 9.72 Å². The molecule has 0 spiro atoms. The number of benzene rings is 2. The van der Waals surface area contributed by atoms with Gasteiger partial charge in [0, 0.05) is 38.8 Å². The van der Waals surface area contributed by atoms with Crippen molar-refractivity contribution in [2.75, 3.05) is 26.3 Å². The third-order valence-electron chi connectivity index (χ3n) is 5.83. The fraction of sp³-hybridized carbons (Fsp3) is 0.333. The molecule has 31 heavy (non-hydrogen) atoms. The van der Waals surface area contributed by atoms with Crippen molar-refractivity contribution >= 4 is 11.0 Å². The maximum atomic E-state index is 13.7. The number of ether oxygens (including phenoxy) is 1. The van der Waals surface area contributed by atoms with Crippen LogP contribution in [-0.2, 0) is 24.2 Å². The molecule has 1 fully saturated rings. The molecule has 160 valence electrons. The Hall–Kier alpha value is -3.03. The van der Waals surface area contributed by atoms with Gasteiger partial charge in [0.25, 0.3) is 0 Å². The number of hydrogen-bond acceptors (Lipinski definition) is 4. The van der Waals surface area contributed by atoms with Crippen LogP contribution < -0.4 is 0 Å². The van der Waals surface area contributed by atoms with Crippen molar-refractivity contribution in [3.05, 3.63) is 77.6 Å². The van der Waals surface area contributed by atoms with Gasteiger partial charge >= 0.3 is 0 Å². The van der Waals surface area contributed by atoms with Crippen LogP contribution in [0.3, 0.4) is 0 Å².